The van der Waals surface area contributed by atoms with E-state index in [1.807, 2.05) is 13.8 Å². The van der Waals surface area contributed by atoms with Crippen LogP contribution in [0.2, 0.25) is 0 Å². The second-order valence-corrected chi connectivity index (χ2v) is 6.68. The average molecular weight is 491 g/mol. The molecule has 2 aromatic rings. The number of hydrogen-bond donors (Lipinski definition) is 3. The second-order valence-electron chi connectivity index (χ2n) is 6.68. The van der Waals surface area contributed by atoms with E-state index < -0.39 is 11.9 Å². The number of ether oxygens (including phenoxy) is 1. The summed E-state index contributed by atoms with van der Waals surface area (Å²) in [7, 11) is 0. The van der Waals surface area contributed by atoms with E-state index in [-0.39, 0.29) is 93.9 Å². The number of carboxylic acid groups (broad SMARTS) is 1. The molecule has 2 heterocycles. The first kappa shape index (κ1) is 36.0. The molecule has 0 fully saturated rings. The van der Waals surface area contributed by atoms with Crippen LogP contribution >= 0.6 is 0 Å². The van der Waals surface area contributed by atoms with E-state index in [9.17, 15) is 19.2 Å². The van der Waals surface area contributed by atoms with Crippen molar-refractivity contribution in [1.82, 2.24) is 9.97 Å². The summed E-state index contributed by atoms with van der Waals surface area (Å²) in [6, 6.07) is 0. The minimum Gasteiger partial charge on any atom is -0.855 e. The molecule has 0 bridgehead atoms. The Bertz CT molecular complexity index is 959. The van der Waals surface area contributed by atoms with Gasteiger partial charge in [-0.15, -0.1) is 6.61 Å². The summed E-state index contributed by atoms with van der Waals surface area (Å²) in [5.41, 5.74) is 4.04. The van der Waals surface area contributed by atoms with E-state index >= 15 is 0 Å². The van der Waals surface area contributed by atoms with Crippen molar-refractivity contribution in [2.24, 2.45) is 0 Å². The van der Waals surface area contributed by atoms with Crippen molar-refractivity contribution >= 4 is 23.5 Å². The number of aromatic amines is 2. The maximum absolute atomic E-state index is 11.5. The topological polar surface area (TPSA) is 152 Å². The van der Waals surface area contributed by atoms with Gasteiger partial charge in [-0.25, -0.2) is 9.59 Å². The van der Waals surface area contributed by atoms with Crippen LogP contribution in [0.5, 0.6) is 0 Å². The van der Waals surface area contributed by atoms with E-state index in [0.717, 1.165) is 17.0 Å². The fourth-order valence-corrected chi connectivity index (χ4v) is 2.83. The summed E-state index contributed by atoms with van der Waals surface area (Å²) in [5, 5.41) is 17.7. The van der Waals surface area contributed by atoms with Gasteiger partial charge in [-0.3, -0.25) is 9.59 Å². The zero-order chi connectivity index (χ0) is 24.5. The molecule has 0 amide bonds. The number of Topliss-reactive ketones (excluding diaryl/α,β-unsaturated/α-hetero) is 2. The fourth-order valence-electron chi connectivity index (χ4n) is 2.83. The van der Waals surface area contributed by atoms with E-state index in [2.05, 4.69) is 9.97 Å². The molecule has 0 saturated heterocycles. The number of esters is 1. The maximum Gasteiger partial charge on any atom is 1.00 e. The van der Waals surface area contributed by atoms with Crippen molar-refractivity contribution in [3.63, 3.8) is 0 Å². The molecule has 0 spiro atoms. The summed E-state index contributed by atoms with van der Waals surface area (Å²) >= 11 is 0. The van der Waals surface area contributed by atoms with Gasteiger partial charge in [-0.05, 0) is 59.6 Å². The number of aryl methyl sites for hydroxylation is 2. The Morgan fingerprint density at radius 1 is 0.848 bits per heavy atom. The fraction of sp³-hybridized carbons (Fsp3) is 0.478. The molecule has 0 aliphatic carbocycles. The zero-order valence-corrected chi connectivity index (χ0v) is 23.4. The molecule has 0 radical (unpaired) electrons. The van der Waals surface area contributed by atoms with Gasteiger partial charge >= 0.3 is 63.3 Å². The Kier molecular flexibility index (Phi) is 18.5. The molecule has 0 unspecified atom stereocenters. The summed E-state index contributed by atoms with van der Waals surface area (Å²) in [4.78, 5) is 50.3. The maximum atomic E-state index is 11.5. The second kappa shape index (κ2) is 17.0. The molecule has 3 N–H and O–H groups in total. The van der Waals surface area contributed by atoms with Gasteiger partial charge in [0.25, 0.3) is 0 Å². The number of hydrogen-bond acceptors (Lipinski definition) is 6. The zero-order valence-electron chi connectivity index (χ0n) is 20.3. The van der Waals surface area contributed by atoms with Crippen LogP contribution in [-0.2, 0) is 4.74 Å². The minimum atomic E-state index is -1.10. The number of aromatic carboxylic acids is 1. The standard InChI is InChI=1S/C11H15NO3.C9H11NO3.C2H5O.CH4.K/c1-5-15-11(14)10-9(8(4)13)6(2)7(3)12-10;1-4-5(2)10-8(9(12)13)7(4)6(3)11;1-2-3;;/h12H,5H2,1-4H3;10H,1-3H3,(H,12,13);2H2,1H3;1H4;/q;;-1;;+1. The molecule has 0 atom stereocenters. The number of carbonyl (C=O) groups is 4. The number of ketones is 2. The number of carboxylic acids is 1. The van der Waals surface area contributed by atoms with Crippen LogP contribution in [0.4, 0.5) is 0 Å². The van der Waals surface area contributed by atoms with Crippen LogP contribution in [0.25, 0.3) is 0 Å². The third-order valence-electron chi connectivity index (χ3n) is 4.40. The smallest absolute Gasteiger partial charge is 0.855 e. The summed E-state index contributed by atoms with van der Waals surface area (Å²) in [5.74, 6) is -1.92. The molecular formula is C23H35KN2O7. The van der Waals surface area contributed by atoms with Crippen LogP contribution in [-0.4, -0.2) is 51.8 Å². The van der Waals surface area contributed by atoms with Crippen molar-refractivity contribution in [1.29, 1.82) is 0 Å². The Labute approximate surface area is 238 Å². The van der Waals surface area contributed by atoms with Gasteiger partial charge in [0.15, 0.2) is 11.6 Å². The largest absolute Gasteiger partial charge is 1.00 e. The Morgan fingerprint density at radius 3 is 1.45 bits per heavy atom. The minimum absolute atomic E-state index is 0. The van der Waals surface area contributed by atoms with Crippen LogP contribution in [0.3, 0.4) is 0 Å². The molecule has 180 valence electrons. The van der Waals surface area contributed by atoms with Gasteiger partial charge in [0.1, 0.15) is 11.4 Å². The van der Waals surface area contributed by atoms with Gasteiger partial charge in [0, 0.05) is 11.4 Å². The number of rotatable bonds is 5. The summed E-state index contributed by atoms with van der Waals surface area (Å²) in [6.07, 6.45) is 0. The normalized spacial score (nSPS) is 9.12. The van der Waals surface area contributed by atoms with E-state index in [4.69, 9.17) is 14.9 Å². The van der Waals surface area contributed by atoms with Crippen LogP contribution in [0.15, 0.2) is 0 Å². The van der Waals surface area contributed by atoms with Gasteiger partial charge < -0.3 is 24.9 Å². The first-order valence-electron chi connectivity index (χ1n) is 9.74. The van der Waals surface area contributed by atoms with Crippen molar-refractivity contribution < 1.29 is 85.5 Å². The first-order chi connectivity index (χ1) is 14.3. The summed E-state index contributed by atoms with van der Waals surface area (Å²) in [6.45, 7) is 13.5. The molecule has 10 heteroatoms. The quantitative estimate of drug-likeness (QED) is 0.314. The van der Waals surface area contributed by atoms with Gasteiger partial charge in [0.2, 0.25) is 0 Å². The molecule has 0 saturated carbocycles. The number of carbonyl (C=O) groups excluding carboxylic acids is 3. The predicted octanol–water partition coefficient (Wildman–Crippen LogP) is 0.550. The van der Waals surface area contributed by atoms with Crippen LogP contribution in [0.1, 0.15) is 99.3 Å². The molecule has 0 aliphatic rings. The number of nitrogens with one attached hydrogen (secondary N) is 2. The predicted molar refractivity (Wildman–Crippen MR) is 121 cm³/mol. The number of aromatic nitrogens is 2. The van der Waals surface area contributed by atoms with Crippen molar-refractivity contribution in [2.45, 2.75) is 62.8 Å². The molecular weight excluding hydrogens is 455 g/mol. The van der Waals surface area contributed by atoms with Gasteiger partial charge in [-0.2, -0.15) is 0 Å². The Balaban J connectivity index is -0.000000465. The molecule has 0 aromatic carbocycles. The Hall–Kier alpha value is -1.56. The van der Waals surface area contributed by atoms with Crippen molar-refractivity contribution in [3.8, 4) is 0 Å². The average Bonchev–Trinajstić information content (AvgIpc) is 3.13. The van der Waals surface area contributed by atoms with E-state index in [1.165, 1.54) is 13.8 Å². The monoisotopic (exact) mass is 490 g/mol. The number of H-pyrrole nitrogens is 2. The van der Waals surface area contributed by atoms with E-state index in [0.29, 0.717) is 17.7 Å². The van der Waals surface area contributed by atoms with Crippen molar-refractivity contribution in [3.05, 3.63) is 45.0 Å². The van der Waals surface area contributed by atoms with Gasteiger partial charge in [-0.1, -0.05) is 14.4 Å². The summed E-state index contributed by atoms with van der Waals surface area (Å²) < 4.78 is 4.86. The van der Waals surface area contributed by atoms with E-state index in [1.54, 1.807) is 27.7 Å². The third kappa shape index (κ3) is 10.1. The molecule has 0 aliphatic heterocycles. The molecule has 9 nitrogen and oxygen atoms in total. The van der Waals surface area contributed by atoms with Gasteiger partial charge in [0.05, 0.1) is 17.7 Å². The van der Waals surface area contributed by atoms with Crippen molar-refractivity contribution in [2.75, 3.05) is 13.2 Å². The first-order valence-corrected chi connectivity index (χ1v) is 9.74. The molecule has 2 rings (SSSR count). The molecule has 33 heavy (non-hydrogen) atoms. The van der Waals surface area contributed by atoms with Crippen LogP contribution in [0, 0.1) is 27.7 Å². The SMILES string of the molecule is C.CC(=O)c1c(C(=O)O)[nH]c(C)c1C.CCOC(=O)c1[nH]c(C)c(C)c1C(C)=O.CC[O-].[K+]. The Morgan fingerprint density at radius 2 is 1.18 bits per heavy atom. The third-order valence-corrected chi connectivity index (χ3v) is 4.40. The molecule has 2 aromatic heterocycles. The van der Waals surface area contributed by atoms with Crippen LogP contribution < -0.4 is 56.5 Å².